The Morgan fingerprint density at radius 3 is 2.72 bits per heavy atom. The van der Waals surface area contributed by atoms with Crippen LogP contribution in [0.2, 0.25) is 0 Å². The third-order valence-corrected chi connectivity index (χ3v) is 3.24. The first-order valence-electron chi connectivity index (χ1n) is 6.59. The van der Waals surface area contributed by atoms with Gasteiger partial charge in [0.15, 0.2) is 0 Å². The molecule has 0 spiro atoms. The first-order valence-corrected chi connectivity index (χ1v) is 6.59. The molecule has 0 aliphatic rings. The number of fused-ring (bicyclic) bond motifs is 1. The van der Waals surface area contributed by atoms with Gasteiger partial charge in [-0.3, -0.25) is 0 Å². The van der Waals surface area contributed by atoms with Crippen molar-refractivity contribution in [1.29, 1.82) is 0 Å². The quantitative estimate of drug-likeness (QED) is 0.853. The lowest BCUT2D eigenvalue weighted by Crippen LogP contribution is -2.20. The molecular weight excluding hydrogens is 229 g/mol. The smallest absolute Gasteiger partial charge is 0.140 e. The van der Waals surface area contributed by atoms with Crippen LogP contribution in [0.4, 0.5) is 4.39 Å². The van der Waals surface area contributed by atoms with Crippen molar-refractivity contribution in [3.63, 3.8) is 0 Å². The maximum Gasteiger partial charge on any atom is 0.140 e. The molecule has 0 saturated heterocycles. The van der Waals surface area contributed by atoms with Crippen molar-refractivity contribution in [2.75, 3.05) is 6.54 Å². The Bertz CT molecular complexity index is 494. The normalized spacial score (nSPS) is 13.1. The first kappa shape index (κ1) is 13.1. The molecule has 3 heteroatoms. The van der Waals surface area contributed by atoms with Crippen molar-refractivity contribution >= 4 is 11.0 Å². The topological polar surface area (TPSA) is 25.2 Å². The lowest BCUT2D eigenvalue weighted by Gasteiger charge is -2.13. The highest BCUT2D eigenvalue weighted by Gasteiger charge is 2.16. The second-order valence-electron chi connectivity index (χ2n) is 4.67. The zero-order chi connectivity index (χ0) is 13.1. The first-order chi connectivity index (χ1) is 8.67. The van der Waals surface area contributed by atoms with Crippen LogP contribution in [0.15, 0.2) is 22.6 Å². The molecule has 0 aliphatic heterocycles. The van der Waals surface area contributed by atoms with E-state index in [0.717, 1.165) is 30.7 Å². The van der Waals surface area contributed by atoms with Gasteiger partial charge in [0, 0.05) is 0 Å². The van der Waals surface area contributed by atoms with Crippen LogP contribution in [0.1, 0.15) is 44.1 Å². The Morgan fingerprint density at radius 1 is 1.33 bits per heavy atom. The van der Waals surface area contributed by atoms with Gasteiger partial charge in [-0.1, -0.05) is 19.9 Å². The molecule has 1 aromatic heterocycles. The minimum absolute atomic E-state index is 0.163. The highest BCUT2D eigenvalue weighted by atomic mass is 19.1. The monoisotopic (exact) mass is 249 g/mol. The summed E-state index contributed by atoms with van der Waals surface area (Å²) in [4.78, 5) is 0. The largest absolute Gasteiger partial charge is 0.459 e. The van der Waals surface area contributed by atoms with E-state index in [-0.39, 0.29) is 11.9 Å². The maximum absolute atomic E-state index is 13.7. The SMILES string of the molecule is CCCNC(CC)c1cc2c(F)ccc(C)c2o1. The number of benzene rings is 1. The molecule has 98 valence electrons. The van der Waals surface area contributed by atoms with Crippen LogP contribution in [0, 0.1) is 12.7 Å². The van der Waals surface area contributed by atoms with Gasteiger partial charge in [0.2, 0.25) is 0 Å². The molecule has 0 bridgehead atoms. The second-order valence-corrected chi connectivity index (χ2v) is 4.67. The van der Waals surface area contributed by atoms with Crippen molar-refractivity contribution in [1.82, 2.24) is 5.32 Å². The predicted molar refractivity (Wildman–Crippen MR) is 72.2 cm³/mol. The zero-order valence-electron chi connectivity index (χ0n) is 11.2. The third-order valence-electron chi connectivity index (χ3n) is 3.24. The summed E-state index contributed by atoms with van der Waals surface area (Å²) in [5.41, 5.74) is 1.64. The number of halogens is 1. The van der Waals surface area contributed by atoms with Crippen LogP contribution >= 0.6 is 0 Å². The number of aryl methyl sites for hydroxylation is 1. The van der Waals surface area contributed by atoms with Crippen molar-refractivity contribution < 1.29 is 8.81 Å². The van der Waals surface area contributed by atoms with Crippen LogP contribution in [0.25, 0.3) is 11.0 Å². The summed E-state index contributed by atoms with van der Waals surface area (Å²) in [7, 11) is 0. The van der Waals surface area contributed by atoms with Crippen molar-refractivity contribution in [3.05, 3.63) is 35.3 Å². The van der Waals surface area contributed by atoms with E-state index in [0.29, 0.717) is 11.0 Å². The fourth-order valence-electron chi connectivity index (χ4n) is 2.18. The van der Waals surface area contributed by atoms with Gasteiger partial charge in [-0.2, -0.15) is 0 Å². The van der Waals surface area contributed by atoms with Crippen LogP contribution in [-0.4, -0.2) is 6.54 Å². The molecular formula is C15H20FNO. The summed E-state index contributed by atoms with van der Waals surface area (Å²) in [5.74, 6) is 0.616. The highest BCUT2D eigenvalue weighted by Crippen LogP contribution is 2.29. The van der Waals surface area contributed by atoms with E-state index in [2.05, 4.69) is 19.2 Å². The molecule has 0 fully saturated rings. The Balaban J connectivity index is 2.39. The number of furan rings is 1. The molecule has 2 nitrogen and oxygen atoms in total. The van der Waals surface area contributed by atoms with Crippen LogP contribution in [-0.2, 0) is 0 Å². The Hall–Kier alpha value is -1.35. The summed E-state index contributed by atoms with van der Waals surface area (Å²) < 4.78 is 19.5. The summed E-state index contributed by atoms with van der Waals surface area (Å²) in [5, 5.41) is 4.00. The summed E-state index contributed by atoms with van der Waals surface area (Å²) in [6.07, 6.45) is 2.00. The summed E-state index contributed by atoms with van der Waals surface area (Å²) >= 11 is 0. The molecule has 18 heavy (non-hydrogen) atoms. The fourth-order valence-corrected chi connectivity index (χ4v) is 2.18. The van der Waals surface area contributed by atoms with E-state index in [1.807, 2.05) is 13.0 Å². The summed E-state index contributed by atoms with van der Waals surface area (Å²) in [6.45, 7) is 7.11. The van der Waals surface area contributed by atoms with E-state index >= 15 is 0 Å². The second kappa shape index (κ2) is 5.53. The van der Waals surface area contributed by atoms with Gasteiger partial charge in [0.25, 0.3) is 0 Å². The minimum Gasteiger partial charge on any atom is -0.459 e. The number of hydrogen-bond acceptors (Lipinski definition) is 2. The fraction of sp³-hybridized carbons (Fsp3) is 0.467. The van der Waals surface area contributed by atoms with Gasteiger partial charge in [-0.15, -0.1) is 0 Å². The Kier molecular flexibility index (Phi) is 4.02. The van der Waals surface area contributed by atoms with Crippen LogP contribution in [0.3, 0.4) is 0 Å². The zero-order valence-corrected chi connectivity index (χ0v) is 11.2. The van der Waals surface area contributed by atoms with E-state index in [1.54, 1.807) is 6.07 Å². The lowest BCUT2D eigenvalue weighted by molar-refractivity contribution is 0.420. The van der Waals surface area contributed by atoms with Crippen LogP contribution in [0.5, 0.6) is 0 Å². The summed E-state index contributed by atoms with van der Waals surface area (Å²) in [6, 6.07) is 5.24. The average molecular weight is 249 g/mol. The van der Waals surface area contributed by atoms with Gasteiger partial charge in [-0.05, 0) is 44.0 Å². The molecule has 1 heterocycles. The van der Waals surface area contributed by atoms with E-state index in [9.17, 15) is 4.39 Å². The maximum atomic E-state index is 13.7. The average Bonchev–Trinajstić information content (AvgIpc) is 2.81. The molecule has 0 saturated carbocycles. The van der Waals surface area contributed by atoms with Crippen molar-refractivity contribution in [2.45, 2.75) is 39.7 Å². The third kappa shape index (κ3) is 2.41. The number of hydrogen-bond donors (Lipinski definition) is 1. The highest BCUT2D eigenvalue weighted by molar-refractivity contribution is 5.81. The molecule has 2 aromatic rings. The van der Waals surface area contributed by atoms with Crippen molar-refractivity contribution in [3.8, 4) is 0 Å². The molecule has 0 amide bonds. The number of rotatable bonds is 5. The van der Waals surface area contributed by atoms with Gasteiger partial charge in [-0.25, -0.2) is 4.39 Å². The van der Waals surface area contributed by atoms with E-state index in [4.69, 9.17) is 4.42 Å². The Morgan fingerprint density at radius 2 is 2.11 bits per heavy atom. The minimum atomic E-state index is -0.212. The lowest BCUT2D eigenvalue weighted by atomic mass is 10.1. The van der Waals surface area contributed by atoms with E-state index < -0.39 is 0 Å². The van der Waals surface area contributed by atoms with Gasteiger partial charge >= 0.3 is 0 Å². The molecule has 1 N–H and O–H groups in total. The number of nitrogens with one attached hydrogen (secondary N) is 1. The molecule has 1 atom stereocenters. The van der Waals surface area contributed by atoms with Gasteiger partial charge in [0.05, 0.1) is 11.4 Å². The molecule has 0 radical (unpaired) electrons. The van der Waals surface area contributed by atoms with E-state index in [1.165, 1.54) is 6.07 Å². The predicted octanol–water partition coefficient (Wildman–Crippen LogP) is 4.33. The van der Waals surface area contributed by atoms with Gasteiger partial charge < -0.3 is 9.73 Å². The standard InChI is InChI=1S/C15H20FNO/c1-4-8-17-13(5-2)14-9-11-12(16)7-6-10(3)15(11)18-14/h6-7,9,13,17H,4-5,8H2,1-3H3. The molecule has 0 aliphatic carbocycles. The van der Waals surface area contributed by atoms with Crippen molar-refractivity contribution in [2.24, 2.45) is 0 Å². The molecule has 2 rings (SSSR count). The molecule has 1 aromatic carbocycles. The molecule has 1 unspecified atom stereocenters. The Labute approximate surface area is 107 Å². The van der Waals surface area contributed by atoms with Gasteiger partial charge in [0.1, 0.15) is 17.2 Å². The van der Waals surface area contributed by atoms with Crippen LogP contribution < -0.4 is 5.32 Å².